The molecule has 1 aromatic rings. The lowest BCUT2D eigenvalue weighted by Crippen LogP contribution is -2.54. The van der Waals surface area contributed by atoms with Crippen molar-refractivity contribution in [3.63, 3.8) is 0 Å². The lowest BCUT2D eigenvalue weighted by Gasteiger charge is -2.35. The first-order valence-corrected chi connectivity index (χ1v) is 7.79. The molecular formula is C14H19N3O3S. The van der Waals surface area contributed by atoms with Crippen molar-refractivity contribution in [1.82, 2.24) is 10.2 Å². The van der Waals surface area contributed by atoms with E-state index in [1.54, 1.807) is 12.1 Å². The van der Waals surface area contributed by atoms with Gasteiger partial charge in [0.1, 0.15) is 0 Å². The van der Waals surface area contributed by atoms with E-state index in [-0.39, 0.29) is 22.9 Å². The van der Waals surface area contributed by atoms with Gasteiger partial charge in [-0.1, -0.05) is 0 Å². The third-order valence-corrected chi connectivity index (χ3v) is 4.59. The fourth-order valence-electron chi connectivity index (χ4n) is 2.30. The molecule has 0 spiro atoms. The van der Waals surface area contributed by atoms with E-state index in [0.29, 0.717) is 0 Å². The maximum Gasteiger partial charge on any atom is 0.269 e. The van der Waals surface area contributed by atoms with Crippen molar-refractivity contribution in [2.75, 3.05) is 19.6 Å². The highest BCUT2D eigenvalue weighted by Crippen LogP contribution is 2.27. The van der Waals surface area contributed by atoms with Gasteiger partial charge in [0, 0.05) is 42.7 Å². The highest BCUT2D eigenvalue weighted by molar-refractivity contribution is 8.00. The van der Waals surface area contributed by atoms with Crippen LogP contribution in [0.1, 0.15) is 13.8 Å². The second kappa shape index (κ2) is 6.91. The zero-order valence-electron chi connectivity index (χ0n) is 12.1. The third-order valence-electron chi connectivity index (χ3n) is 3.49. The minimum Gasteiger partial charge on any atom is -0.336 e. The van der Waals surface area contributed by atoms with Crippen molar-refractivity contribution in [1.29, 1.82) is 0 Å². The Hall–Kier alpha value is -1.60. The molecule has 2 atom stereocenters. The van der Waals surface area contributed by atoms with Gasteiger partial charge in [-0.25, -0.2) is 0 Å². The van der Waals surface area contributed by atoms with Gasteiger partial charge in [-0.05, 0) is 26.0 Å². The summed E-state index contributed by atoms with van der Waals surface area (Å²) in [6, 6.07) is 6.51. The molecule has 0 radical (unpaired) electrons. The summed E-state index contributed by atoms with van der Waals surface area (Å²) in [5, 5.41) is 13.7. The van der Waals surface area contributed by atoms with Gasteiger partial charge in [-0.3, -0.25) is 14.9 Å². The summed E-state index contributed by atoms with van der Waals surface area (Å²) in [5.41, 5.74) is 0.0639. The van der Waals surface area contributed by atoms with Crippen molar-refractivity contribution in [2.24, 2.45) is 0 Å². The van der Waals surface area contributed by atoms with Crippen molar-refractivity contribution in [2.45, 2.75) is 30.0 Å². The van der Waals surface area contributed by atoms with E-state index in [1.165, 1.54) is 23.9 Å². The van der Waals surface area contributed by atoms with Gasteiger partial charge in [0.05, 0.1) is 10.2 Å². The Morgan fingerprint density at radius 3 is 2.71 bits per heavy atom. The number of nitro groups is 1. The first-order chi connectivity index (χ1) is 9.99. The number of nitrogens with zero attached hydrogens (tertiary/aromatic N) is 2. The van der Waals surface area contributed by atoms with Crippen LogP contribution in [0.25, 0.3) is 0 Å². The zero-order valence-corrected chi connectivity index (χ0v) is 12.9. The molecular weight excluding hydrogens is 290 g/mol. The lowest BCUT2D eigenvalue weighted by molar-refractivity contribution is -0.384. The van der Waals surface area contributed by atoms with Crippen LogP contribution >= 0.6 is 11.8 Å². The van der Waals surface area contributed by atoms with Crippen molar-refractivity contribution >= 4 is 23.4 Å². The van der Waals surface area contributed by atoms with Crippen molar-refractivity contribution in [3.8, 4) is 0 Å². The Kier molecular flexibility index (Phi) is 5.19. The number of carbonyl (C=O) groups is 1. The van der Waals surface area contributed by atoms with Crippen molar-refractivity contribution < 1.29 is 9.72 Å². The molecule has 0 bridgehead atoms. The molecule has 1 aliphatic heterocycles. The normalized spacial score (nSPS) is 20.1. The average molecular weight is 309 g/mol. The van der Waals surface area contributed by atoms with Crippen LogP contribution in [0.5, 0.6) is 0 Å². The summed E-state index contributed by atoms with van der Waals surface area (Å²) in [5.74, 6) is 0.118. The first kappa shape index (κ1) is 15.8. The minimum absolute atomic E-state index is 0.0639. The Labute approximate surface area is 128 Å². The second-order valence-corrected chi connectivity index (χ2v) is 6.51. The zero-order chi connectivity index (χ0) is 15.4. The molecule has 1 aliphatic rings. The Morgan fingerprint density at radius 2 is 2.14 bits per heavy atom. The molecule has 1 heterocycles. The molecule has 1 saturated heterocycles. The smallest absolute Gasteiger partial charge is 0.269 e. The number of hydrogen-bond acceptors (Lipinski definition) is 5. The predicted molar refractivity (Wildman–Crippen MR) is 82.5 cm³/mol. The molecule has 0 aliphatic carbocycles. The third kappa shape index (κ3) is 3.95. The first-order valence-electron chi connectivity index (χ1n) is 6.91. The van der Waals surface area contributed by atoms with E-state index < -0.39 is 4.92 Å². The maximum absolute atomic E-state index is 12.5. The SMILES string of the molecule is CC(Sc1ccc([N+](=O)[O-])cc1)C(=O)N1CCNCC1C. The number of carbonyl (C=O) groups excluding carboxylic acids is 1. The van der Waals surface area contributed by atoms with E-state index in [1.807, 2.05) is 18.7 Å². The molecule has 21 heavy (non-hydrogen) atoms. The van der Waals surface area contributed by atoms with Crippen LogP contribution < -0.4 is 5.32 Å². The second-order valence-electron chi connectivity index (χ2n) is 5.10. The lowest BCUT2D eigenvalue weighted by atomic mass is 10.2. The van der Waals surface area contributed by atoms with Crippen LogP contribution in [0, 0.1) is 10.1 Å². The van der Waals surface area contributed by atoms with E-state index in [4.69, 9.17) is 0 Å². The molecule has 1 aromatic carbocycles. The molecule has 0 saturated carbocycles. The quantitative estimate of drug-likeness (QED) is 0.522. The summed E-state index contributed by atoms with van der Waals surface area (Å²) in [6.07, 6.45) is 0. The van der Waals surface area contributed by atoms with Gasteiger partial charge in [-0.15, -0.1) is 11.8 Å². The van der Waals surface area contributed by atoms with Crippen LogP contribution in [-0.4, -0.2) is 46.7 Å². The summed E-state index contributed by atoms with van der Waals surface area (Å²) < 4.78 is 0. The molecule has 2 rings (SSSR count). The number of nitrogens with one attached hydrogen (secondary N) is 1. The molecule has 6 nitrogen and oxygen atoms in total. The molecule has 114 valence electrons. The van der Waals surface area contributed by atoms with Crippen LogP contribution in [0.3, 0.4) is 0 Å². The average Bonchev–Trinajstić information content (AvgIpc) is 2.47. The largest absolute Gasteiger partial charge is 0.336 e. The predicted octanol–water partition coefficient (Wildman–Crippen LogP) is 1.90. The van der Waals surface area contributed by atoms with E-state index in [0.717, 1.165) is 24.5 Å². The number of nitro benzene ring substituents is 1. The fraction of sp³-hybridized carbons (Fsp3) is 0.500. The number of benzene rings is 1. The summed E-state index contributed by atoms with van der Waals surface area (Å²) in [4.78, 5) is 25.4. The van der Waals surface area contributed by atoms with Crippen LogP contribution in [-0.2, 0) is 4.79 Å². The molecule has 2 unspecified atom stereocenters. The highest BCUT2D eigenvalue weighted by atomic mass is 32.2. The van der Waals surface area contributed by atoms with Gasteiger partial charge >= 0.3 is 0 Å². The molecule has 7 heteroatoms. The fourth-order valence-corrected chi connectivity index (χ4v) is 3.24. The Bertz CT molecular complexity index is 521. The molecule has 1 amide bonds. The van der Waals surface area contributed by atoms with E-state index in [2.05, 4.69) is 5.32 Å². The van der Waals surface area contributed by atoms with Crippen LogP contribution in [0.15, 0.2) is 29.2 Å². The molecule has 1 fully saturated rings. The number of non-ortho nitro benzene ring substituents is 1. The summed E-state index contributed by atoms with van der Waals surface area (Å²) >= 11 is 1.43. The summed E-state index contributed by atoms with van der Waals surface area (Å²) in [6.45, 7) is 6.29. The minimum atomic E-state index is -0.425. The number of hydrogen-bond donors (Lipinski definition) is 1. The highest BCUT2D eigenvalue weighted by Gasteiger charge is 2.27. The molecule has 0 aromatic heterocycles. The van der Waals surface area contributed by atoms with Crippen LogP contribution in [0.2, 0.25) is 0 Å². The molecule has 1 N–H and O–H groups in total. The van der Waals surface area contributed by atoms with Gasteiger partial charge in [0.25, 0.3) is 5.69 Å². The van der Waals surface area contributed by atoms with Gasteiger partial charge in [0.15, 0.2) is 0 Å². The Morgan fingerprint density at radius 1 is 1.48 bits per heavy atom. The Balaban J connectivity index is 1.98. The van der Waals surface area contributed by atoms with E-state index >= 15 is 0 Å². The van der Waals surface area contributed by atoms with Gasteiger partial charge in [-0.2, -0.15) is 0 Å². The maximum atomic E-state index is 12.5. The number of thioether (sulfide) groups is 1. The van der Waals surface area contributed by atoms with Gasteiger partial charge < -0.3 is 10.2 Å². The monoisotopic (exact) mass is 309 g/mol. The van der Waals surface area contributed by atoms with E-state index in [9.17, 15) is 14.9 Å². The summed E-state index contributed by atoms with van der Waals surface area (Å²) in [7, 11) is 0. The number of amides is 1. The van der Waals surface area contributed by atoms with Crippen LogP contribution in [0.4, 0.5) is 5.69 Å². The number of piperazine rings is 1. The topological polar surface area (TPSA) is 75.5 Å². The standard InChI is InChI=1S/C14H19N3O3S/c1-10-9-15-7-8-16(10)14(18)11(2)21-13-5-3-12(4-6-13)17(19)20/h3-6,10-11,15H,7-9H2,1-2H3. The number of rotatable bonds is 4. The van der Waals surface area contributed by atoms with Crippen molar-refractivity contribution in [3.05, 3.63) is 34.4 Å². The van der Waals surface area contributed by atoms with Gasteiger partial charge in [0.2, 0.25) is 5.91 Å².